The molecule has 3 aromatic rings. The number of benzene rings is 1. The number of H-pyrrole nitrogens is 2. The number of ether oxygens (including phenoxy) is 1. The van der Waals surface area contributed by atoms with E-state index in [0.717, 1.165) is 17.5 Å². The third-order valence-electron chi connectivity index (χ3n) is 4.35. The highest BCUT2D eigenvalue weighted by Crippen LogP contribution is 2.33. The summed E-state index contributed by atoms with van der Waals surface area (Å²) in [6.07, 6.45) is 4.55. The van der Waals surface area contributed by atoms with Gasteiger partial charge in [-0.25, -0.2) is 0 Å². The predicted octanol–water partition coefficient (Wildman–Crippen LogP) is 2.50. The van der Waals surface area contributed by atoms with Crippen LogP contribution in [-0.4, -0.2) is 27.4 Å². The molecule has 0 saturated heterocycles. The maximum Gasteiger partial charge on any atom is 0.259 e. The summed E-state index contributed by atoms with van der Waals surface area (Å²) in [5.74, 6) is 0.789. The lowest BCUT2D eigenvalue weighted by Gasteiger charge is -2.19. The highest BCUT2D eigenvalue weighted by Gasteiger charge is 2.21. The lowest BCUT2D eigenvalue weighted by Crippen LogP contribution is -2.26. The number of amides is 1. The van der Waals surface area contributed by atoms with E-state index in [1.807, 2.05) is 12.1 Å². The lowest BCUT2D eigenvalue weighted by atomic mass is 10.0. The van der Waals surface area contributed by atoms with Crippen LogP contribution in [0.3, 0.4) is 0 Å². The van der Waals surface area contributed by atoms with Gasteiger partial charge >= 0.3 is 0 Å². The maximum absolute atomic E-state index is 12.4. The van der Waals surface area contributed by atoms with Crippen molar-refractivity contribution in [3.63, 3.8) is 0 Å². The molecule has 1 amide bonds. The van der Waals surface area contributed by atoms with Crippen LogP contribution in [0.2, 0.25) is 0 Å². The summed E-state index contributed by atoms with van der Waals surface area (Å²) in [5, 5.41) is 2.90. The van der Waals surface area contributed by atoms with E-state index in [4.69, 9.17) is 17.0 Å². The molecule has 0 spiro atoms. The molecule has 3 N–H and O–H groups in total. The molecule has 0 aliphatic carbocycles. The third kappa shape index (κ3) is 3.65. The minimum absolute atomic E-state index is 0.168. The first-order valence-electron chi connectivity index (χ1n) is 8.43. The second-order valence-corrected chi connectivity index (χ2v) is 6.59. The molecule has 8 heteroatoms. The van der Waals surface area contributed by atoms with Gasteiger partial charge in [0.15, 0.2) is 4.77 Å². The SMILES string of the molecule is O=C(NCCc1ccncc1)c1ccc2c(c1)Cc1c([nH]c(=S)[nH]c1=O)O2. The Morgan fingerprint density at radius 3 is 2.85 bits per heavy atom. The van der Waals surface area contributed by atoms with Crippen LogP contribution >= 0.6 is 12.2 Å². The van der Waals surface area contributed by atoms with Crippen LogP contribution in [-0.2, 0) is 12.8 Å². The summed E-state index contributed by atoms with van der Waals surface area (Å²) in [5.41, 5.74) is 2.59. The number of aromatic nitrogens is 3. The van der Waals surface area contributed by atoms with Crippen molar-refractivity contribution in [3.05, 3.63) is 80.1 Å². The number of aromatic amines is 2. The minimum Gasteiger partial charge on any atom is -0.440 e. The molecule has 1 aliphatic rings. The molecular formula is C19H16N4O3S. The molecule has 27 heavy (non-hydrogen) atoms. The zero-order valence-corrected chi connectivity index (χ0v) is 15.1. The van der Waals surface area contributed by atoms with Gasteiger partial charge in [-0.05, 0) is 54.5 Å². The molecule has 0 bridgehead atoms. The first-order chi connectivity index (χ1) is 13.1. The number of hydrogen-bond acceptors (Lipinski definition) is 5. The number of hydrogen-bond donors (Lipinski definition) is 3. The fraction of sp³-hybridized carbons (Fsp3) is 0.158. The maximum atomic E-state index is 12.4. The zero-order valence-electron chi connectivity index (χ0n) is 14.2. The van der Waals surface area contributed by atoms with Crippen molar-refractivity contribution >= 4 is 18.1 Å². The molecule has 0 saturated carbocycles. The first kappa shape index (κ1) is 17.2. The van der Waals surface area contributed by atoms with Crippen LogP contribution in [0.4, 0.5) is 0 Å². The van der Waals surface area contributed by atoms with E-state index in [0.29, 0.717) is 35.7 Å². The second-order valence-electron chi connectivity index (χ2n) is 6.18. The monoisotopic (exact) mass is 380 g/mol. The summed E-state index contributed by atoms with van der Waals surface area (Å²) in [6, 6.07) is 9.02. The number of nitrogens with zero attached hydrogens (tertiary/aromatic N) is 1. The average molecular weight is 380 g/mol. The number of carbonyl (C=O) groups excluding carboxylic acids is 1. The highest BCUT2D eigenvalue weighted by atomic mass is 32.1. The van der Waals surface area contributed by atoms with Crippen LogP contribution in [0.15, 0.2) is 47.5 Å². The molecule has 7 nitrogen and oxygen atoms in total. The molecule has 1 aliphatic heterocycles. The van der Waals surface area contributed by atoms with Gasteiger partial charge in [-0.1, -0.05) is 0 Å². The Balaban J connectivity index is 1.48. The van der Waals surface area contributed by atoms with Crippen LogP contribution in [0.1, 0.15) is 27.0 Å². The Bertz CT molecular complexity index is 1120. The van der Waals surface area contributed by atoms with E-state index in [2.05, 4.69) is 20.3 Å². The van der Waals surface area contributed by atoms with E-state index >= 15 is 0 Å². The van der Waals surface area contributed by atoms with E-state index < -0.39 is 0 Å². The van der Waals surface area contributed by atoms with E-state index in [1.54, 1.807) is 30.6 Å². The largest absolute Gasteiger partial charge is 0.440 e. The molecular weight excluding hydrogens is 364 g/mol. The molecule has 1 aromatic carbocycles. The topological polar surface area (TPSA) is 99.9 Å². The summed E-state index contributed by atoms with van der Waals surface area (Å²) >= 11 is 4.97. The second kappa shape index (κ2) is 7.16. The van der Waals surface area contributed by atoms with Crippen LogP contribution in [0, 0.1) is 4.77 Å². The van der Waals surface area contributed by atoms with Crippen molar-refractivity contribution in [3.8, 4) is 11.6 Å². The minimum atomic E-state index is -0.286. The molecule has 0 unspecified atom stereocenters. The third-order valence-corrected chi connectivity index (χ3v) is 4.56. The number of fused-ring (bicyclic) bond motifs is 2. The van der Waals surface area contributed by atoms with Gasteiger partial charge in [0.25, 0.3) is 11.5 Å². The highest BCUT2D eigenvalue weighted by molar-refractivity contribution is 7.71. The lowest BCUT2D eigenvalue weighted by molar-refractivity contribution is 0.0954. The van der Waals surface area contributed by atoms with Crippen molar-refractivity contribution < 1.29 is 9.53 Å². The summed E-state index contributed by atoms with van der Waals surface area (Å²) < 4.78 is 5.95. The summed E-state index contributed by atoms with van der Waals surface area (Å²) in [6.45, 7) is 0.523. The van der Waals surface area contributed by atoms with Crippen molar-refractivity contribution in [2.45, 2.75) is 12.8 Å². The van der Waals surface area contributed by atoms with Gasteiger partial charge in [0.1, 0.15) is 5.75 Å². The standard InChI is InChI=1S/C19H16N4O3S/c24-16(21-8-5-11-3-6-20-7-4-11)12-1-2-15-13(9-12)10-14-17(25)22-19(27)23-18(14)26-15/h1-4,6-7,9H,5,8,10H2,(H,21,24)(H2,22,23,25,27). The number of carbonyl (C=O) groups is 1. The predicted molar refractivity (Wildman–Crippen MR) is 102 cm³/mol. The van der Waals surface area contributed by atoms with E-state index in [9.17, 15) is 9.59 Å². The van der Waals surface area contributed by atoms with Gasteiger partial charge in [0.05, 0.1) is 5.56 Å². The molecule has 0 radical (unpaired) electrons. The zero-order chi connectivity index (χ0) is 18.8. The first-order valence-corrected chi connectivity index (χ1v) is 8.84. The number of rotatable bonds is 4. The fourth-order valence-corrected chi connectivity index (χ4v) is 3.16. The fourth-order valence-electron chi connectivity index (χ4n) is 2.97. The number of nitrogens with one attached hydrogen (secondary N) is 3. The molecule has 0 atom stereocenters. The Morgan fingerprint density at radius 1 is 1.22 bits per heavy atom. The van der Waals surface area contributed by atoms with Gasteiger partial charge in [-0.15, -0.1) is 0 Å². The van der Waals surface area contributed by atoms with Gasteiger partial charge in [0, 0.05) is 36.5 Å². The smallest absolute Gasteiger partial charge is 0.259 e. The van der Waals surface area contributed by atoms with Crippen LogP contribution in [0.5, 0.6) is 11.6 Å². The van der Waals surface area contributed by atoms with Crippen molar-refractivity contribution in [1.82, 2.24) is 20.3 Å². The van der Waals surface area contributed by atoms with Gasteiger partial charge in [-0.3, -0.25) is 19.6 Å². The van der Waals surface area contributed by atoms with Crippen molar-refractivity contribution in [1.29, 1.82) is 0 Å². The van der Waals surface area contributed by atoms with Crippen molar-refractivity contribution in [2.75, 3.05) is 6.54 Å². The Morgan fingerprint density at radius 2 is 2.04 bits per heavy atom. The quantitative estimate of drug-likeness (QED) is 0.473. The van der Waals surface area contributed by atoms with Gasteiger partial charge in [-0.2, -0.15) is 0 Å². The molecule has 0 fully saturated rings. The molecule has 3 heterocycles. The van der Waals surface area contributed by atoms with Gasteiger partial charge < -0.3 is 15.0 Å². The summed E-state index contributed by atoms with van der Waals surface area (Å²) in [4.78, 5) is 33.9. The molecule has 4 rings (SSSR count). The Kier molecular flexibility index (Phi) is 4.55. The van der Waals surface area contributed by atoms with Gasteiger partial charge in [0.2, 0.25) is 5.88 Å². The van der Waals surface area contributed by atoms with Crippen LogP contribution < -0.4 is 15.6 Å². The normalized spacial score (nSPS) is 11.9. The Hall–Kier alpha value is -3.26. The Labute approximate surface area is 159 Å². The average Bonchev–Trinajstić information content (AvgIpc) is 2.67. The van der Waals surface area contributed by atoms with Crippen molar-refractivity contribution in [2.24, 2.45) is 0 Å². The number of pyridine rings is 1. The summed E-state index contributed by atoms with van der Waals surface area (Å²) in [7, 11) is 0. The van der Waals surface area contributed by atoms with E-state index in [-0.39, 0.29) is 16.2 Å². The van der Waals surface area contributed by atoms with E-state index in [1.165, 1.54) is 0 Å². The molecule has 136 valence electrons. The van der Waals surface area contributed by atoms with Crippen LogP contribution in [0.25, 0.3) is 0 Å². The molecule has 2 aromatic heterocycles.